The van der Waals surface area contributed by atoms with E-state index in [1.165, 1.54) is 0 Å². The van der Waals surface area contributed by atoms with E-state index in [1.807, 2.05) is 47.0 Å². The zero-order chi connectivity index (χ0) is 13.9. The number of rotatable bonds is 1. The molecule has 1 saturated heterocycles. The van der Waals surface area contributed by atoms with Crippen LogP contribution in [0.2, 0.25) is 0 Å². The second kappa shape index (κ2) is 5.40. The average molecular weight is 268 g/mol. The Labute approximate surface area is 117 Å². The lowest BCUT2D eigenvalue weighted by Gasteiger charge is -2.22. The number of hydrogen-bond acceptors (Lipinski definition) is 3. The number of para-hydroxylation sites is 1. The number of aryl methyl sites for hydroxylation is 1. The molecule has 0 N–H and O–H groups in total. The molecule has 0 aliphatic carbocycles. The summed E-state index contributed by atoms with van der Waals surface area (Å²) in [5.74, 6) is 2.61. The van der Waals surface area contributed by atoms with Crippen molar-refractivity contribution in [3.8, 4) is 12.0 Å². The van der Waals surface area contributed by atoms with Gasteiger partial charge in [0, 0.05) is 49.2 Å². The smallest absolute Gasteiger partial charge is 0.239 e. The minimum atomic E-state index is -0.131. The van der Waals surface area contributed by atoms with Crippen LogP contribution in [-0.4, -0.2) is 41.6 Å². The maximum atomic E-state index is 12.3. The van der Waals surface area contributed by atoms with Crippen LogP contribution >= 0.6 is 0 Å². The van der Waals surface area contributed by atoms with E-state index in [9.17, 15) is 4.79 Å². The van der Waals surface area contributed by atoms with Gasteiger partial charge in [0.1, 0.15) is 0 Å². The van der Waals surface area contributed by atoms with Crippen molar-refractivity contribution in [3.05, 3.63) is 36.0 Å². The van der Waals surface area contributed by atoms with Crippen LogP contribution in [0.3, 0.4) is 0 Å². The van der Waals surface area contributed by atoms with Gasteiger partial charge in [-0.05, 0) is 6.07 Å². The van der Waals surface area contributed by atoms with Crippen LogP contribution in [0.5, 0.6) is 0 Å². The summed E-state index contributed by atoms with van der Waals surface area (Å²) in [6.45, 7) is 2.87. The van der Waals surface area contributed by atoms with Crippen molar-refractivity contribution in [2.45, 2.75) is 0 Å². The summed E-state index contributed by atoms with van der Waals surface area (Å²) in [5, 5.41) is 0.955. The molecule has 20 heavy (non-hydrogen) atoms. The number of benzene rings is 1. The number of carbonyl (C=O) groups excluding carboxylic acids is 1. The number of ketones is 1. The maximum absolute atomic E-state index is 12.3. The van der Waals surface area contributed by atoms with Crippen molar-refractivity contribution in [2.24, 2.45) is 7.05 Å². The number of carbonyl (C=O) groups is 1. The van der Waals surface area contributed by atoms with Crippen LogP contribution < -0.4 is 0 Å². The Morgan fingerprint density at radius 3 is 2.80 bits per heavy atom. The molecule has 4 nitrogen and oxygen atoms in total. The van der Waals surface area contributed by atoms with Gasteiger partial charge in [-0.3, -0.25) is 4.79 Å². The molecule has 0 unspecified atom stereocenters. The lowest BCUT2D eigenvalue weighted by Crippen LogP contribution is -2.32. The fourth-order valence-electron chi connectivity index (χ4n) is 2.39. The largest absolute Gasteiger partial charge is 0.378 e. The Kier molecular flexibility index (Phi) is 3.44. The van der Waals surface area contributed by atoms with Gasteiger partial charge in [-0.1, -0.05) is 18.2 Å². The molecule has 102 valence electrons. The molecule has 1 fully saturated rings. The van der Waals surface area contributed by atoms with Gasteiger partial charge in [0.2, 0.25) is 5.78 Å². The van der Waals surface area contributed by atoms with Gasteiger partial charge in [-0.2, -0.15) is 0 Å². The van der Waals surface area contributed by atoms with Gasteiger partial charge in [-0.15, -0.1) is 0 Å². The molecule has 1 aliphatic rings. The highest BCUT2D eigenvalue weighted by Gasteiger charge is 2.12. The third-order valence-electron chi connectivity index (χ3n) is 3.48. The summed E-state index contributed by atoms with van der Waals surface area (Å²) in [7, 11) is 1.94. The third-order valence-corrected chi connectivity index (χ3v) is 3.48. The van der Waals surface area contributed by atoms with Crippen LogP contribution in [0.1, 0.15) is 10.4 Å². The molecule has 2 aromatic rings. The normalized spacial score (nSPS) is 14.9. The molecule has 3 rings (SSSR count). The van der Waals surface area contributed by atoms with Crippen molar-refractivity contribution in [3.63, 3.8) is 0 Å². The van der Waals surface area contributed by atoms with Crippen LogP contribution in [-0.2, 0) is 11.8 Å². The highest BCUT2D eigenvalue weighted by atomic mass is 16.5. The molecule has 0 atom stereocenters. The summed E-state index contributed by atoms with van der Waals surface area (Å²) >= 11 is 0. The molecule has 2 heterocycles. The maximum Gasteiger partial charge on any atom is 0.239 e. The Morgan fingerprint density at radius 2 is 2.00 bits per heavy atom. The van der Waals surface area contributed by atoms with E-state index in [-0.39, 0.29) is 5.78 Å². The quantitative estimate of drug-likeness (QED) is 0.582. The minimum Gasteiger partial charge on any atom is -0.378 e. The molecule has 0 amide bonds. The van der Waals surface area contributed by atoms with E-state index < -0.39 is 0 Å². The number of aromatic nitrogens is 1. The van der Waals surface area contributed by atoms with E-state index in [1.54, 1.807) is 0 Å². The van der Waals surface area contributed by atoms with Crippen LogP contribution in [0.15, 0.2) is 30.5 Å². The number of nitrogens with zero attached hydrogens (tertiary/aromatic N) is 2. The molecule has 0 radical (unpaired) electrons. The minimum absolute atomic E-state index is 0.131. The number of morpholine rings is 1. The van der Waals surface area contributed by atoms with Gasteiger partial charge < -0.3 is 14.2 Å². The van der Waals surface area contributed by atoms with Crippen LogP contribution in [0.4, 0.5) is 0 Å². The van der Waals surface area contributed by atoms with E-state index in [2.05, 4.69) is 12.0 Å². The molecule has 0 saturated carbocycles. The van der Waals surface area contributed by atoms with Gasteiger partial charge in [0.05, 0.1) is 18.8 Å². The van der Waals surface area contributed by atoms with Gasteiger partial charge in [0.25, 0.3) is 0 Å². The highest BCUT2D eigenvalue weighted by Crippen LogP contribution is 2.20. The van der Waals surface area contributed by atoms with Gasteiger partial charge in [0.15, 0.2) is 0 Å². The zero-order valence-electron chi connectivity index (χ0n) is 11.4. The first kappa shape index (κ1) is 12.8. The second-order valence-electron chi connectivity index (χ2n) is 4.84. The van der Waals surface area contributed by atoms with Gasteiger partial charge >= 0.3 is 0 Å². The molecule has 0 spiro atoms. The van der Waals surface area contributed by atoms with Crippen molar-refractivity contribution < 1.29 is 9.53 Å². The molecule has 1 aromatic heterocycles. The first-order chi connectivity index (χ1) is 9.75. The van der Waals surface area contributed by atoms with E-state index in [0.717, 1.165) is 24.0 Å². The lowest BCUT2D eigenvalue weighted by atomic mass is 10.1. The van der Waals surface area contributed by atoms with E-state index in [0.29, 0.717) is 18.8 Å². The monoisotopic (exact) mass is 268 g/mol. The Morgan fingerprint density at radius 1 is 1.25 bits per heavy atom. The van der Waals surface area contributed by atoms with Crippen LogP contribution in [0, 0.1) is 12.0 Å². The topological polar surface area (TPSA) is 34.5 Å². The first-order valence-corrected chi connectivity index (χ1v) is 6.68. The third kappa shape index (κ3) is 2.40. The summed E-state index contributed by atoms with van der Waals surface area (Å²) in [4.78, 5) is 14.2. The SMILES string of the molecule is Cn1cc(C(=O)C#CN2CCOCC2)c2ccccc21. The number of hydrogen-bond donors (Lipinski definition) is 0. The number of ether oxygens (including phenoxy) is 1. The molecule has 0 bridgehead atoms. The first-order valence-electron chi connectivity index (χ1n) is 6.68. The Balaban J connectivity index is 1.87. The molecular weight excluding hydrogens is 252 g/mol. The molecule has 1 aliphatic heterocycles. The number of Topliss-reactive ketones (excluding diaryl/α,β-unsaturated/α-hetero) is 1. The van der Waals surface area contributed by atoms with Gasteiger partial charge in [-0.25, -0.2) is 0 Å². The van der Waals surface area contributed by atoms with E-state index >= 15 is 0 Å². The summed E-state index contributed by atoms with van der Waals surface area (Å²) in [6.07, 6.45) is 1.85. The molecular formula is C16H16N2O2. The molecule has 1 aromatic carbocycles. The average Bonchev–Trinajstić information content (AvgIpc) is 2.84. The predicted molar refractivity (Wildman–Crippen MR) is 77.4 cm³/mol. The highest BCUT2D eigenvalue weighted by molar-refractivity contribution is 6.16. The van der Waals surface area contributed by atoms with Crippen molar-refractivity contribution in [1.82, 2.24) is 9.47 Å². The summed E-state index contributed by atoms with van der Waals surface area (Å²) < 4.78 is 7.21. The van der Waals surface area contributed by atoms with Crippen molar-refractivity contribution in [1.29, 1.82) is 0 Å². The zero-order valence-corrected chi connectivity index (χ0v) is 11.4. The summed E-state index contributed by atoms with van der Waals surface area (Å²) in [5.41, 5.74) is 1.72. The van der Waals surface area contributed by atoms with Crippen LogP contribution in [0.25, 0.3) is 10.9 Å². The van der Waals surface area contributed by atoms with Crippen molar-refractivity contribution in [2.75, 3.05) is 26.3 Å². The second-order valence-corrected chi connectivity index (χ2v) is 4.84. The Bertz CT molecular complexity index is 700. The fraction of sp³-hybridized carbons (Fsp3) is 0.312. The van der Waals surface area contributed by atoms with Crippen molar-refractivity contribution >= 4 is 16.7 Å². The number of fused-ring (bicyclic) bond motifs is 1. The Hall–Kier alpha value is -2.25. The fourth-order valence-corrected chi connectivity index (χ4v) is 2.39. The summed E-state index contributed by atoms with van der Waals surface area (Å²) in [6, 6.07) is 10.8. The lowest BCUT2D eigenvalue weighted by molar-refractivity contribution is 0.0637. The predicted octanol–water partition coefficient (Wildman–Crippen LogP) is 1.65. The van der Waals surface area contributed by atoms with E-state index in [4.69, 9.17) is 4.74 Å². The standard InChI is InChI=1S/C16H16N2O2/c1-17-12-14(13-4-2-3-5-15(13)17)16(19)6-7-18-8-10-20-11-9-18/h2-5,12H,8-11H2,1H3. The molecule has 4 heteroatoms.